The number of likely N-dealkylation sites (tertiary alicyclic amines) is 1. The van der Waals surface area contributed by atoms with Crippen molar-refractivity contribution in [2.45, 2.75) is 64.6 Å². The van der Waals surface area contributed by atoms with Crippen LogP contribution in [0, 0.1) is 5.41 Å². The van der Waals surface area contributed by atoms with Gasteiger partial charge in [-0.2, -0.15) is 0 Å². The molecule has 0 unspecified atom stereocenters. The molecule has 0 radical (unpaired) electrons. The van der Waals surface area contributed by atoms with Gasteiger partial charge in [0, 0.05) is 11.7 Å². The van der Waals surface area contributed by atoms with E-state index < -0.39 is 11.6 Å². The number of amides is 1. The van der Waals surface area contributed by atoms with Crippen molar-refractivity contribution in [1.29, 1.82) is 0 Å². The lowest BCUT2D eigenvalue weighted by atomic mass is 9.97. The van der Waals surface area contributed by atoms with E-state index >= 15 is 0 Å². The summed E-state index contributed by atoms with van der Waals surface area (Å²) in [7, 11) is 0. The molecule has 1 amide bonds. The molecule has 0 spiro atoms. The molecule has 1 aromatic rings. The zero-order valence-corrected chi connectivity index (χ0v) is 16.1. The van der Waals surface area contributed by atoms with E-state index in [0.29, 0.717) is 16.7 Å². The standard InChI is InChI=1S/C18H23BrN2O3/c1-17(2,3)24-16(23)21-12(9-18(4)10-14(18)21)13(22)8-11-6-5-7-15(19)20-11/h5-7,12,14H,8-10H2,1-4H3/t12-,14-,18+/m0/s1. The minimum atomic E-state index is -0.565. The van der Waals surface area contributed by atoms with Crippen molar-refractivity contribution in [3.63, 3.8) is 0 Å². The van der Waals surface area contributed by atoms with Gasteiger partial charge in [0.2, 0.25) is 0 Å². The van der Waals surface area contributed by atoms with Crippen LogP contribution in [0.3, 0.4) is 0 Å². The topological polar surface area (TPSA) is 59.5 Å². The Bertz CT molecular complexity index is 685. The summed E-state index contributed by atoms with van der Waals surface area (Å²) in [6.07, 6.45) is 1.51. The normalized spacial score (nSPS) is 28.5. The lowest BCUT2D eigenvalue weighted by molar-refractivity contribution is -0.123. The third kappa shape index (κ3) is 3.48. The number of piperidine rings is 1. The second kappa shape index (κ2) is 5.83. The molecule has 1 aliphatic carbocycles. The first-order valence-electron chi connectivity index (χ1n) is 8.24. The zero-order chi connectivity index (χ0) is 17.7. The average molecular weight is 395 g/mol. The van der Waals surface area contributed by atoms with Crippen LogP contribution >= 0.6 is 15.9 Å². The molecule has 2 heterocycles. The largest absolute Gasteiger partial charge is 0.444 e. The fraction of sp³-hybridized carbons (Fsp3) is 0.611. The molecule has 1 aliphatic heterocycles. The molecule has 1 saturated heterocycles. The molecular weight excluding hydrogens is 372 g/mol. The zero-order valence-electron chi connectivity index (χ0n) is 14.5. The minimum absolute atomic E-state index is 0.0277. The molecular formula is C18H23BrN2O3. The van der Waals surface area contributed by atoms with Crippen molar-refractivity contribution in [2.24, 2.45) is 5.41 Å². The molecule has 2 fully saturated rings. The lowest BCUT2D eigenvalue weighted by Gasteiger charge is -2.29. The van der Waals surface area contributed by atoms with Gasteiger partial charge in [-0.1, -0.05) is 13.0 Å². The maximum absolute atomic E-state index is 12.8. The fourth-order valence-corrected chi connectivity index (χ4v) is 3.86. The summed E-state index contributed by atoms with van der Waals surface area (Å²) >= 11 is 3.32. The number of nitrogens with zero attached hydrogens (tertiary/aromatic N) is 2. The lowest BCUT2D eigenvalue weighted by Crippen LogP contribution is -2.46. The van der Waals surface area contributed by atoms with Crippen molar-refractivity contribution in [3.05, 3.63) is 28.5 Å². The van der Waals surface area contributed by atoms with Gasteiger partial charge in [-0.3, -0.25) is 9.69 Å². The fourth-order valence-electron chi connectivity index (χ4n) is 3.48. The number of hydrogen-bond donors (Lipinski definition) is 0. The summed E-state index contributed by atoms with van der Waals surface area (Å²) < 4.78 is 6.23. The Morgan fingerprint density at radius 1 is 1.38 bits per heavy atom. The van der Waals surface area contributed by atoms with Crippen LogP contribution in [0.2, 0.25) is 0 Å². The van der Waals surface area contributed by atoms with E-state index in [1.165, 1.54) is 0 Å². The van der Waals surface area contributed by atoms with Gasteiger partial charge < -0.3 is 4.74 Å². The van der Waals surface area contributed by atoms with Crippen molar-refractivity contribution in [2.75, 3.05) is 0 Å². The Hall–Kier alpha value is -1.43. The first-order valence-corrected chi connectivity index (χ1v) is 9.04. The predicted molar refractivity (Wildman–Crippen MR) is 93.6 cm³/mol. The Kier molecular flexibility index (Phi) is 4.22. The number of Topliss-reactive ketones (excluding diaryl/α,β-unsaturated/α-hetero) is 1. The van der Waals surface area contributed by atoms with Crippen LogP contribution in [0.5, 0.6) is 0 Å². The predicted octanol–water partition coefficient (Wildman–Crippen LogP) is 3.74. The van der Waals surface area contributed by atoms with Crippen LogP contribution in [0.4, 0.5) is 4.79 Å². The maximum Gasteiger partial charge on any atom is 0.411 e. The highest BCUT2D eigenvalue weighted by Gasteiger charge is 2.64. The van der Waals surface area contributed by atoms with E-state index in [9.17, 15) is 9.59 Å². The van der Waals surface area contributed by atoms with Gasteiger partial charge in [0.15, 0.2) is 5.78 Å². The molecule has 0 N–H and O–H groups in total. The summed E-state index contributed by atoms with van der Waals surface area (Å²) in [5.41, 5.74) is 0.205. The molecule has 1 aromatic heterocycles. The average Bonchev–Trinajstić information content (AvgIpc) is 2.98. The number of halogens is 1. The van der Waals surface area contributed by atoms with Crippen LogP contribution in [0.1, 0.15) is 46.2 Å². The first-order chi connectivity index (χ1) is 11.1. The van der Waals surface area contributed by atoms with Crippen LogP contribution in [-0.2, 0) is 16.0 Å². The highest BCUT2D eigenvalue weighted by Crippen LogP contribution is 2.59. The number of aromatic nitrogens is 1. The number of carbonyl (C=O) groups is 2. The summed E-state index contributed by atoms with van der Waals surface area (Å²) in [4.78, 5) is 31.4. The molecule has 5 nitrogen and oxygen atoms in total. The van der Waals surface area contributed by atoms with Gasteiger partial charge in [-0.05, 0) is 67.1 Å². The van der Waals surface area contributed by atoms with E-state index in [2.05, 4.69) is 27.8 Å². The number of ketones is 1. The van der Waals surface area contributed by atoms with Gasteiger partial charge in [0.1, 0.15) is 10.2 Å². The number of fused-ring (bicyclic) bond motifs is 1. The van der Waals surface area contributed by atoms with Crippen molar-refractivity contribution in [3.8, 4) is 0 Å². The quantitative estimate of drug-likeness (QED) is 0.732. The molecule has 2 aliphatic rings. The second-order valence-corrected chi connectivity index (χ2v) is 8.89. The van der Waals surface area contributed by atoms with E-state index in [-0.39, 0.29) is 29.8 Å². The van der Waals surface area contributed by atoms with Gasteiger partial charge in [0.05, 0.1) is 12.5 Å². The van der Waals surface area contributed by atoms with Gasteiger partial charge in [-0.15, -0.1) is 0 Å². The third-order valence-corrected chi connectivity index (χ3v) is 5.18. The second-order valence-electron chi connectivity index (χ2n) is 8.08. The first kappa shape index (κ1) is 17.4. The van der Waals surface area contributed by atoms with Crippen LogP contribution in [0.25, 0.3) is 0 Å². The third-order valence-electron chi connectivity index (χ3n) is 4.74. The molecule has 6 heteroatoms. The minimum Gasteiger partial charge on any atom is -0.444 e. The van der Waals surface area contributed by atoms with Crippen LogP contribution in [0.15, 0.2) is 22.8 Å². The maximum atomic E-state index is 12.8. The molecule has 130 valence electrons. The molecule has 0 aromatic carbocycles. The smallest absolute Gasteiger partial charge is 0.411 e. The monoisotopic (exact) mass is 394 g/mol. The highest BCUT2D eigenvalue weighted by molar-refractivity contribution is 9.10. The van der Waals surface area contributed by atoms with E-state index in [4.69, 9.17) is 4.74 Å². The molecule has 24 heavy (non-hydrogen) atoms. The van der Waals surface area contributed by atoms with E-state index in [0.717, 1.165) is 6.42 Å². The highest BCUT2D eigenvalue weighted by atomic mass is 79.9. The Balaban J connectivity index is 1.75. The van der Waals surface area contributed by atoms with Crippen LogP contribution < -0.4 is 0 Å². The summed E-state index contributed by atoms with van der Waals surface area (Å²) in [6.45, 7) is 7.67. The summed E-state index contributed by atoms with van der Waals surface area (Å²) in [5.74, 6) is 0.0277. The van der Waals surface area contributed by atoms with Gasteiger partial charge >= 0.3 is 6.09 Å². The molecule has 3 rings (SSSR count). The van der Waals surface area contributed by atoms with Gasteiger partial charge in [0.25, 0.3) is 0 Å². The Morgan fingerprint density at radius 2 is 2.08 bits per heavy atom. The molecule has 3 atom stereocenters. The molecule has 1 saturated carbocycles. The summed E-state index contributed by atoms with van der Waals surface area (Å²) in [6, 6.07) is 5.23. The Morgan fingerprint density at radius 3 is 2.71 bits per heavy atom. The van der Waals surface area contributed by atoms with Gasteiger partial charge in [-0.25, -0.2) is 9.78 Å². The number of hydrogen-bond acceptors (Lipinski definition) is 4. The number of ether oxygens (including phenoxy) is 1. The van der Waals surface area contributed by atoms with E-state index in [1.54, 1.807) is 4.90 Å². The summed E-state index contributed by atoms with van der Waals surface area (Å²) in [5, 5.41) is 0. The number of rotatable bonds is 3. The van der Waals surface area contributed by atoms with Crippen molar-refractivity contribution < 1.29 is 14.3 Å². The van der Waals surface area contributed by atoms with Crippen LogP contribution in [-0.4, -0.2) is 39.4 Å². The number of pyridine rings is 1. The van der Waals surface area contributed by atoms with Crippen molar-refractivity contribution >= 4 is 27.8 Å². The number of carbonyl (C=O) groups excluding carboxylic acids is 2. The molecule has 0 bridgehead atoms. The van der Waals surface area contributed by atoms with Crippen molar-refractivity contribution in [1.82, 2.24) is 9.88 Å². The Labute approximate surface area is 150 Å². The SMILES string of the molecule is CC(C)(C)OC(=O)N1[C@H]2C[C@@]2(C)C[C@H]1C(=O)Cc1cccc(Br)n1. The van der Waals surface area contributed by atoms with E-state index in [1.807, 2.05) is 39.0 Å².